The number of halogens is 1. The number of hydrogen-bond donors (Lipinski definition) is 2. The maximum Gasteiger partial charge on any atom is 0.325 e. The predicted octanol–water partition coefficient (Wildman–Crippen LogP) is 1.16. The molecule has 6 heteroatoms. The molecule has 0 bridgehead atoms. The summed E-state index contributed by atoms with van der Waals surface area (Å²) in [7, 11) is 0. The zero-order valence-corrected chi connectivity index (χ0v) is 10.4. The van der Waals surface area contributed by atoms with Crippen molar-refractivity contribution in [3.05, 3.63) is 35.6 Å². The number of carbonyl (C=O) groups is 2. The quantitative estimate of drug-likeness (QED) is 0.619. The predicted molar refractivity (Wildman–Crippen MR) is 67.7 cm³/mol. The first-order valence-electron chi connectivity index (χ1n) is 6.21. The Balaban J connectivity index is 2.07. The van der Waals surface area contributed by atoms with Gasteiger partial charge in [0.15, 0.2) is 0 Å². The van der Waals surface area contributed by atoms with Crippen molar-refractivity contribution >= 4 is 11.9 Å². The molecule has 0 saturated carbocycles. The van der Waals surface area contributed by atoms with Gasteiger partial charge in [-0.05, 0) is 37.1 Å². The van der Waals surface area contributed by atoms with Gasteiger partial charge in [-0.25, -0.2) is 9.18 Å². The molecule has 0 aliphatic carbocycles. The molecule has 1 aromatic rings. The van der Waals surface area contributed by atoms with Crippen molar-refractivity contribution in [2.45, 2.75) is 18.9 Å². The van der Waals surface area contributed by atoms with Crippen LogP contribution in [0.4, 0.5) is 9.18 Å². The number of imide groups is 1. The van der Waals surface area contributed by atoms with E-state index in [4.69, 9.17) is 5.73 Å². The lowest BCUT2D eigenvalue weighted by Crippen LogP contribution is -2.32. The van der Waals surface area contributed by atoms with Crippen molar-refractivity contribution in [1.29, 1.82) is 0 Å². The van der Waals surface area contributed by atoms with E-state index in [0.717, 1.165) is 6.42 Å². The molecule has 3 N–H and O–H groups in total. The van der Waals surface area contributed by atoms with Crippen molar-refractivity contribution in [2.75, 3.05) is 13.1 Å². The number of amides is 3. The Morgan fingerprint density at radius 1 is 1.21 bits per heavy atom. The van der Waals surface area contributed by atoms with E-state index in [1.807, 2.05) is 0 Å². The Bertz CT molecular complexity index is 475. The highest BCUT2D eigenvalue weighted by Crippen LogP contribution is 2.22. The fraction of sp³-hybridized carbons (Fsp3) is 0.385. The molecule has 5 nitrogen and oxygen atoms in total. The Kier molecular flexibility index (Phi) is 4.11. The topological polar surface area (TPSA) is 75.4 Å². The monoisotopic (exact) mass is 265 g/mol. The fourth-order valence-electron chi connectivity index (χ4n) is 2.03. The van der Waals surface area contributed by atoms with Crippen LogP contribution >= 0.6 is 0 Å². The molecule has 3 amide bonds. The summed E-state index contributed by atoms with van der Waals surface area (Å²) in [6, 6.07) is 4.42. The summed E-state index contributed by atoms with van der Waals surface area (Å²) in [5.41, 5.74) is 5.96. The Morgan fingerprint density at radius 2 is 1.89 bits per heavy atom. The van der Waals surface area contributed by atoms with Gasteiger partial charge in [0.1, 0.15) is 11.9 Å². The van der Waals surface area contributed by atoms with Crippen LogP contribution in [0.2, 0.25) is 0 Å². The minimum atomic E-state index is -0.717. The summed E-state index contributed by atoms with van der Waals surface area (Å²) < 4.78 is 12.8. The van der Waals surface area contributed by atoms with Crippen molar-refractivity contribution in [2.24, 2.45) is 5.73 Å². The highest BCUT2D eigenvalue weighted by Gasteiger charge is 2.38. The Hall–Kier alpha value is -1.95. The zero-order chi connectivity index (χ0) is 13.8. The van der Waals surface area contributed by atoms with Crippen LogP contribution in [0.15, 0.2) is 24.3 Å². The molecule has 1 atom stereocenters. The van der Waals surface area contributed by atoms with Gasteiger partial charge in [-0.2, -0.15) is 0 Å². The summed E-state index contributed by atoms with van der Waals surface area (Å²) in [5.74, 6) is -0.672. The van der Waals surface area contributed by atoms with Crippen LogP contribution in [0.5, 0.6) is 0 Å². The molecule has 0 spiro atoms. The molecule has 1 fully saturated rings. The first-order chi connectivity index (χ1) is 9.13. The van der Waals surface area contributed by atoms with Crippen LogP contribution < -0.4 is 11.1 Å². The van der Waals surface area contributed by atoms with Gasteiger partial charge in [0.05, 0.1) is 0 Å². The molecule has 1 unspecified atom stereocenters. The second kappa shape index (κ2) is 5.79. The van der Waals surface area contributed by atoms with Gasteiger partial charge >= 0.3 is 6.03 Å². The van der Waals surface area contributed by atoms with Crippen molar-refractivity contribution in [3.8, 4) is 0 Å². The van der Waals surface area contributed by atoms with Gasteiger partial charge in [0.2, 0.25) is 0 Å². The number of rotatable bonds is 5. The average Bonchev–Trinajstić information content (AvgIpc) is 2.68. The number of urea groups is 1. The molecule has 2 rings (SSSR count). The standard InChI is InChI=1S/C13H16FN3O2/c14-10-5-3-9(4-6-10)11-12(18)17(13(19)16-11)8-2-1-7-15/h3-6,11H,1-2,7-8,15H2,(H,16,19). The van der Waals surface area contributed by atoms with E-state index in [9.17, 15) is 14.0 Å². The summed E-state index contributed by atoms with van der Waals surface area (Å²) in [6.45, 7) is 0.893. The van der Waals surface area contributed by atoms with E-state index >= 15 is 0 Å². The first kappa shape index (κ1) is 13.5. The van der Waals surface area contributed by atoms with E-state index in [-0.39, 0.29) is 11.7 Å². The van der Waals surface area contributed by atoms with Crippen LogP contribution in [0.1, 0.15) is 24.4 Å². The average molecular weight is 265 g/mol. The molecule has 102 valence electrons. The van der Waals surface area contributed by atoms with Gasteiger partial charge < -0.3 is 11.1 Å². The minimum Gasteiger partial charge on any atom is -0.330 e. The normalized spacial score (nSPS) is 18.8. The molecular weight excluding hydrogens is 249 g/mol. The Morgan fingerprint density at radius 3 is 2.53 bits per heavy atom. The minimum absolute atomic E-state index is 0.298. The highest BCUT2D eigenvalue weighted by atomic mass is 19.1. The number of unbranched alkanes of at least 4 members (excludes halogenated alkanes) is 1. The molecule has 1 aliphatic rings. The SMILES string of the molecule is NCCCCN1C(=O)NC(c2ccc(F)cc2)C1=O. The largest absolute Gasteiger partial charge is 0.330 e. The molecule has 0 radical (unpaired) electrons. The summed E-state index contributed by atoms with van der Waals surface area (Å²) in [4.78, 5) is 25.0. The van der Waals surface area contributed by atoms with E-state index in [0.29, 0.717) is 25.1 Å². The number of hydrogen-bond acceptors (Lipinski definition) is 3. The third-order valence-corrected chi connectivity index (χ3v) is 3.07. The maximum atomic E-state index is 12.8. The van der Waals surface area contributed by atoms with Crippen molar-refractivity contribution in [3.63, 3.8) is 0 Å². The fourth-order valence-corrected chi connectivity index (χ4v) is 2.03. The van der Waals surface area contributed by atoms with E-state index < -0.39 is 12.1 Å². The number of nitrogens with two attached hydrogens (primary N) is 1. The lowest BCUT2D eigenvalue weighted by molar-refractivity contribution is -0.127. The lowest BCUT2D eigenvalue weighted by Gasteiger charge is -2.12. The van der Waals surface area contributed by atoms with Crippen LogP contribution in [0.25, 0.3) is 0 Å². The number of nitrogens with one attached hydrogen (secondary N) is 1. The highest BCUT2D eigenvalue weighted by molar-refractivity contribution is 6.04. The third kappa shape index (κ3) is 2.90. The smallest absolute Gasteiger partial charge is 0.325 e. The molecule has 1 aliphatic heterocycles. The summed E-state index contributed by atoms with van der Waals surface area (Å²) in [5, 5.41) is 2.60. The molecule has 0 aromatic heterocycles. The first-order valence-corrected chi connectivity index (χ1v) is 6.21. The van der Waals surface area contributed by atoms with Crippen LogP contribution in [-0.2, 0) is 4.79 Å². The molecule has 1 saturated heterocycles. The summed E-state index contributed by atoms with van der Waals surface area (Å²) in [6.07, 6.45) is 1.45. The van der Waals surface area contributed by atoms with Crippen molar-refractivity contribution in [1.82, 2.24) is 10.2 Å². The molecule has 19 heavy (non-hydrogen) atoms. The molecule has 1 aromatic carbocycles. The van der Waals surface area contributed by atoms with E-state index in [2.05, 4.69) is 5.32 Å². The second-order valence-electron chi connectivity index (χ2n) is 4.42. The van der Waals surface area contributed by atoms with Gasteiger partial charge in [-0.1, -0.05) is 12.1 Å². The third-order valence-electron chi connectivity index (χ3n) is 3.07. The van der Waals surface area contributed by atoms with Gasteiger partial charge in [-0.15, -0.1) is 0 Å². The molecule has 1 heterocycles. The van der Waals surface area contributed by atoms with E-state index in [1.54, 1.807) is 0 Å². The number of benzene rings is 1. The van der Waals surface area contributed by atoms with Gasteiger partial charge in [-0.3, -0.25) is 9.69 Å². The molecular formula is C13H16FN3O2. The lowest BCUT2D eigenvalue weighted by atomic mass is 10.1. The maximum absolute atomic E-state index is 12.8. The van der Waals surface area contributed by atoms with Crippen LogP contribution in [0.3, 0.4) is 0 Å². The van der Waals surface area contributed by atoms with Crippen LogP contribution in [0, 0.1) is 5.82 Å². The number of carbonyl (C=O) groups excluding carboxylic acids is 2. The second-order valence-corrected chi connectivity index (χ2v) is 4.42. The van der Waals surface area contributed by atoms with Crippen LogP contribution in [-0.4, -0.2) is 29.9 Å². The van der Waals surface area contributed by atoms with Crippen molar-refractivity contribution < 1.29 is 14.0 Å². The Labute approximate surface area is 110 Å². The number of nitrogens with zero attached hydrogens (tertiary/aromatic N) is 1. The summed E-state index contributed by atoms with van der Waals surface area (Å²) >= 11 is 0. The zero-order valence-electron chi connectivity index (χ0n) is 10.4. The van der Waals surface area contributed by atoms with Gasteiger partial charge in [0, 0.05) is 6.54 Å². The van der Waals surface area contributed by atoms with E-state index in [1.165, 1.54) is 29.2 Å². The van der Waals surface area contributed by atoms with Gasteiger partial charge in [0.25, 0.3) is 5.91 Å².